The van der Waals surface area contributed by atoms with Gasteiger partial charge in [0, 0.05) is 12.6 Å². The lowest BCUT2D eigenvalue weighted by Gasteiger charge is -2.13. The summed E-state index contributed by atoms with van der Waals surface area (Å²) in [5.74, 6) is -0.422. The van der Waals surface area contributed by atoms with Crippen LogP contribution in [0.3, 0.4) is 0 Å². The van der Waals surface area contributed by atoms with Gasteiger partial charge in [-0.3, -0.25) is 0 Å². The van der Waals surface area contributed by atoms with Crippen LogP contribution in [0.2, 0.25) is 0 Å². The van der Waals surface area contributed by atoms with Crippen LogP contribution >= 0.6 is 0 Å². The predicted molar refractivity (Wildman–Crippen MR) is 72.8 cm³/mol. The fourth-order valence-electron chi connectivity index (χ4n) is 1.48. The molecule has 1 rings (SSSR count). The summed E-state index contributed by atoms with van der Waals surface area (Å²) in [5.41, 5.74) is 0. The van der Waals surface area contributed by atoms with Crippen LogP contribution in [0.4, 0.5) is 0 Å². The Bertz CT molecular complexity index is 600. The monoisotopic (exact) mass is 319 g/mol. The van der Waals surface area contributed by atoms with Gasteiger partial charge in [0.1, 0.15) is 16.4 Å². The number of nitrogens with one attached hydrogen (secondary N) is 1. The van der Waals surface area contributed by atoms with Crippen molar-refractivity contribution in [3.63, 3.8) is 0 Å². The molecule has 0 spiro atoms. The number of hydrogen-bond donors (Lipinski definition) is 2. The molecule has 1 atom stereocenters. The van der Waals surface area contributed by atoms with Gasteiger partial charge in [0.25, 0.3) is 0 Å². The molecular formula is C12H17NO7S. The highest BCUT2D eigenvalue weighted by atomic mass is 32.2. The molecule has 9 heteroatoms. The minimum atomic E-state index is -3.96. The average Bonchev–Trinajstić information content (AvgIpc) is 2.50. The van der Waals surface area contributed by atoms with Gasteiger partial charge in [0.2, 0.25) is 10.0 Å². The van der Waals surface area contributed by atoms with E-state index in [0.29, 0.717) is 5.75 Å². The van der Waals surface area contributed by atoms with Gasteiger partial charge >= 0.3 is 5.97 Å². The van der Waals surface area contributed by atoms with E-state index in [9.17, 15) is 18.3 Å². The lowest BCUT2D eigenvalue weighted by atomic mass is 10.3. The molecule has 118 valence electrons. The molecule has 0 aromatic heterocycles. The molecule has 1 aromatic rings. The molecule has 0 fully saturated rings. The Balaban J connectivity index is 2.95. The van der Waals surface area contributed by atoms with Crippen molar-refractivity contribution >= 4 is 16.0 Å². The van der Waals surface area contributed by atoms with E-state index in [4.69, 9.17) is 9.47 Å². The van der Waals surface area contributed by atoms with E-state index < -0.39 is 28.6 Å². The topological polar surface area (TPSA) is 111 Å². The Kier molecular flexibility index (Phi) is 5.94. The minimum Gasteiger partial charge on any atom is -0.497 e. The van der Waals surface area contributed by atoms with Crippen LogP contribution in [-0.2, 0) is 19.6 Å². The van der Waals surface area contributed by atoms with Crippen molar-refractivity contribution in [2.24, 2.45) is 0 Å². The zero-order chi connectivity index (χ0) is 16.0. The highest BCUT2D eigenvalue weighted by Gasteiger charge is 2.23. The van der Waals surface area contributed by atoms with Crippen LogP contribution in [0, 0.1) is 0 Å². The molecule has 0 aliphatic heterocycles. The summed E-state index contributed by atoms with van der Waals surface area (Å²) in [6.07, 6.45) is -1.59. The zero-order valence-corrected chi connectivity index (χ0v) is 12.6. The summed E-state index contributed by atoms with van der Waals surface area (Å²) < 4.78 is 40.6. The quantitative estimate of drug-likeness (QED) is 0.653. The molecule has 0 saturated heterocycles. The first kappa shape index (κ1) is 17.2. The lowest BCUT2D eigenvalue weighted by Crippen LogP contribution is -2.37. The molecule has 1 aromatic carbocycles. The summed E-state index contributed by atoms with van der Waals surface area (Å²) in [6, 6.07) is 4.16. The number of methoxy groups -OCH3 is 3. The van der Waals surface area contributed by atoms with Gasteiger partial charge in [0.15, 0.2) is 6.10 Å². The molecule has 21 heavy (non-hydrogen) atoms. The number of sulfonamides is 1. The third-order valence-electron chi connectivity index (χ3n) is 2.60. The van der Waals surface area contributed by atoms with Crippen LogP contribution in [0.1, 0.15) is 0 Å². The first-order valence-corrected chi connectivity index (χ1v) is 7.31. The van der Waals surface area contributed by atoms with E-state index in [0.717, 1.165) is 7.11 Å². The normalized spacial score (nSPS) is 12.6. The van der Waals surface area contributed by atoms with Crippen molar-refractivity contribution in [3.8, 4) is 11.5 Å². The van der Waals surface area contributed by atoms with Crippen LogP contribution in [0.25, 0.3) is 0 Å². The van der Waals surface area contributed by atoms with Gasteiger partial charge in [-0.1, -0.05) is 0 Å². The smallest absolute Gasteiger partial charge is 0.336 e. The van der Waals surface area contributed by atoms with Gasteiger partial charge in [-0.15, -0.1) is 0 Å². The zero-order valence-electron chi connectivity index (χ0n) is 11.8. The van der Waals surface area contributed by atoms with Crippen LogP contribution in [-0.4, -0.2) is 53.5 Å². The summed E-state index contributed by atoms with van der Waals surface area (Å²) in [4.78, 5) is 10.9. The number of rotatable bonds is 7. The number of aliphatic hydroxyl groups excluding tert-OH is 1. The molecule has 1 unspecified atom stereocenters. The van der Waals surface area contributed by atoms with Gasteiger partial charge < -0.3 is 19.3 Å². The maximum Gasteiger partial charge on any atom is 0.336 e. The highest BCUT2D eigenvalue weighted by Crippen LogP contribution is 2.28. The van der Waals surface area contributed by atoms with Gasteiger partial charge in [-0.05, 0) is 12.1 Å². The predicted octanol–water partition coefficient (Wildman–Crippen LogP) is -0.484. The summed E-state index contributed by atoms with van der Waals surface area (Å²) in [6.45, 7) is -0.510. The average molecular weight is 319 g/mol. The molecular weight excluding hydrogens is 302 g/mol. The van der Waals surface area contributed by atoms with Crippen molar-refractivity contribution < 1.29 is 32.5 Å². The number of aliphatic hydroxyl groups is 1. The lowest BCUT2D eigenvalue weighted by molar-refractivity contribution is -0.149. The molecule has 0 aliphatic rings. The van der Waals surface area contributed by atoms with E-state index in [-0.39, 0.29) is 10.6 Å². The second-order valence-electron chi connectivity index (χ2n) is 3.91. The fourth-order valence-corrected chi connectivity index (χ4v) is 2.67. The summed E-state index contributed by atoms with van der Waals surface area (Å²) in [5, 5.41) is 9.38. The number of carbonyl (C=O) groups is 1. The molecule has 0 heterocycles. The fraction of sp³-hybridized carbons (Fsp3) is 0.417. The van der Waals surface area contributed by atoms with E-state index >= 15 is 0 Å². The molecule has 2 N–H and O–H groups in total. The van der Waals surface area contributed by atoms with Crippen molar-refractivity contribution in [3.05, 3.63) is 18.2 Å². The van der Waals surface area contributed by atoms with Crippen molar-refractivity contribution in [1.82, 2.24) is 4.72 Å². The van der Waals surface area contributed by atoms with E-state index in [1.165, 1.54) is 32.4 Å². The molecule has 0 bridgehead atoms. The third-order valence-corrected chi connectivity index (χ3v) is 4.06. The van der Waals surface area contributed by atoms with Crippen LogP contribution < -0.4 is 14.2 Å². The first-order valence-electron chi connectivity index (χ1n) is 5.83. The van der Waals surface area contributed by atoms with Crippen molar-refractivity contribution in [2.45, 2.75) is 11.0 Å². The SMILES string of the molecule is COC(=O)C(O)CNS(=O)(=O)c1ccc(OC)cc1OC. The van der Waals surface area contributed by atoms with Crippen LogP contribution in [0.15, 0.2) is 23.1 Å². The van der Waals surface area contributed by atoms with Crippen LogP contribution in [0.5, 0.6) is 11.5 Å². The van der Waals surface area contributed by atoms with Gasteiger partial charge in [-0.2, -0.15) is 0 Å². The molecule has 8 nitrogen and oxygen atoms in total. The van der Waals surface area contributed by atoms with Crippen molar-refractivity contribution in [2.75, 3.05) is 27.9 Å². The van der Waals surface area contributed by atoms with Gasteiger partial charge in [0.05, 0.1) is 21.3 Å². The number of carbonyl (C=O) groups excluding carboxylic acids is 1. The van der Waals surface area contributed by atoms with Crippen molar-refractivity contribution in [1.29, 1.82) is 0 Å². The third kappa shape index (κ3) is 4.31. The number of esters is 1. The number of benzene rings is 1. The summed E-state index contributed by atoms with van der Waals surface area (Å²) >= 11 is 0. The maximum atomic E-state index is 12.1. The maximum absolute atomic E-state index is 12.1. The first-order chi connectivity index (χ1) is 9.85. The Morgan fingerprint density at radius 2 is 1.95 bits per heavy atom. The standard InChI is InChI=1S/C12H17NO7S/c1-18-8-4-5-11(10(6-8)19-2)21(16,17)13-7-9(14)12(15)20-3/h4-6,9,13-14H,7H2,1-3H3. The second-order valence-corrected chi connectivity index (χ2v) is 5.64. The Morgan fingerprint density at radius 1 is 1.29 bits per heavy atom. The summed E-state index contributed by atoms with van der Waals surface area (Å²) in [7, 11) is -0.118. The molecule has 0 radical (unpaired) electrons. The molecule has 0 amide bonds. The minimum absolute atomic E-state index is 0.0782. The van der Waals surface area contributed by atoms with E-state index in [1.807, 2.05) is 0 Å². The largest absolute Gasteiger partial charge is 0.497 e. The van der Waals surface area contributed by atoms with E-state index in [2.05, 4.69) is 9.46 Å². The molecule has 0 aliphatic carbocycles. The Morgan fingerprint density at radius 3 is 2.48 bits per heavy atom. The second kappa shape index (κ2) is 7.25. The number of hydrogen-bond acceptors (Lipinski definition) is 7. The number of ether oxygens (including phenoxy) is 3. The van der Waals surface area contributed by atoms with Gasteiger partial charge in [-0.25, -0.2) is 17.9 Å². The Hall–Kier alpha value is -1.84. The Labute approximate surface area is 122 Å². The molecule has 0 saturated carbocycles. The van der Waals surface area contributed by atoms with E-state index in [1.54, 1.807) is 0 Å². The highest BCUT2D eigenvalue weighted by molar-refractivity contribution is 7.89.